The normalized spacial score (nSPS) is 18.2. The highest BCUT2D eigenvalue weighted by molar-refractivity contribution is 5.69. The molecule has 0 radical (unpaired) electrons. The fourth-order valence-electron chi connectivity index (χ4n) is 3.14. The zero-order chi connectivity index (χ0) is 18.0. The van der Waals surface area contributed by atoms with E-state index < -0.39 is 5.60 Å². The molecular formula is C20H27N3O2. The Morgan fingerprint density at radius 3 is 2.64 bits per heavy atom. The molecule has 5 nitrogen and oxygen atoms in total. The van der Waals surface area contributed by atoms with Crippen LogP contribution in [0, 0.1) is 6.92 Å². The highest BCUT2D eigenvalue weighted by atomic mass is 16.6. The maximum absolute atomic E-state index is 12.6. The minimum atomic E-state index is -0.491. The Labute approximate surface area is 149 Å². The lowest BCUT2D eigenvalue weighted by Crippen LogP contribution is -2.42. The average Bonchev–Trinajstić information content (AvgIpc) is 3.04. The molecule has 1 aliphatic heterocycles. The fourth-order valence-corrected chi connectivity index (χ4v) is 3.14. The Morgan fingerprint density at radius 2 is 1.96 bits per heavy atom. The minimum absolute atomic E-state index is 0.0530. The monoisotopic (exact) mass is 341 g/mol. The smallest absolute Gasteiger partial charge is 0.410 e. The van der Waals surface area contributed by atoms with Crippen LogP contribution in [0.15, 0.2) is 30.5 Å². The topological polar surface area (TPSA) is 58.2 Å². The van der Waals surface area contributed by atoms with E-state index in [4.69, 9.17) is 4.74 Å². The van der Waals surface area contributed by atoms with Gasteiger partial charge in [0.15, 0.2) is 0 Å². The van der Waals surface area contributed by atoms with Gasteiger partial charge in [-0.1, -0.05) is 29.8 Å². The predicted octanol–water partition coefficient (Wildman–Crippen LogP) is 4.85. The van der Waals surface area contributed by atoms with Gasteiger partial charge in [-0.15, -0.1) is 0 Å². The molecule has 1 aliphatic rings. The Hall–Kier alpha value is -2.30. The van der Waals surface area contributed by atoms with Crippen molar-refractivity contribution in [3.8, 4) is 11.3 Å². The number of aromatic amines is 1. The summed E-state index contributed by atoms with van der Waals surface area (Å²) in [6.45, 7) is 8.47. The molecular weight excluding hydrogens is 314 g/mol. The van der Waals surface area contributed by atoms with Crippen LogP contribution < -0.4 is 0 Å². The second-order valence-corrected chi connectivity index (χ2v) is 7.73. The lowest BCUT2D eigenvalue weighted by atomic mass is 10.0. The predicted molar refractivity (Wildman–Crippen MR) is 98.3 cm³/mol. The largest absolute Gasteiger partial charge is 0.444 e. The molecule has 0 saturated carbocycles. The van der Waals surface area contributed by atoms with Gasteiger partial charge in [0.05, 0.1) is 17.9 Å². The molecule has 5 heteroatoms. The van der Waals surface area contributed by atoms with E-state index in [0.717, 1.165) is 36.3 Å². The number of nitrogens with one attached hydrogen (secondary N) is 1. The Balaban J connectivity index is 1.81. The molecule has 134 valence electrons. The van der Waals surface area contributed by atoms with Gasteiger partial charge in [0.25, 0.3) is 0 Å². The second kappa shape index (κ2) is 6.90. The third-order valence-electron chi connectivity index (χ3n) is 4.40. The molecule has 1 saturated heterocycles. The molecule has 0 spiro atoms. The van der Waals surface area contributed by atoms with Crippen LogP contribution in [-0.4, -0.2) is 33.1 Å². The molecule has 3 rings (SSSR count). The number of hydrogen-bond acceptors (Lipinski definition) is 3. The lowest BCUT2D eigenvalue weighted by molar-refractivity contribution is 0.00854. The number of benzene rings is 1. The molecule has 2 heterocycles. The molecule has 1 aromatic carbocycles. The minimum Gasteiger partial charge on any atom is -0.444 e. The third kappa shape index (κ3) is 4.21. The molecule has 0 unspecified atom stereocenters. The van der Waals surface area contributed by atoms with Crippen LogP contribution in [0.3, 0.4) is 0 Å². The van der Waals surface area contributed by atoms with Gasteiger partial charge >= 0.3 is 6.09 Å². The molecule has 0 bridgehead atoms. The van der Waals surface area contributed by atoms with Gasteiger partial charge < -0.3 is 9.72 Å². The molecule has 1 amide bonds. The van der Waals surface area contributed by atoms with Gasteiger partial charge in [0.2, 0.25) is 0 Å². The van der Waals surface area contributed by atoms with E-state index in [1.807, 2.05) is 31.9 Å². The van der Waals surface area contributed by atoms with Crippen LogP contribution in [0.1, 0.15) is 57.5 Å². The van der Waals surface area contributed by atoms with Crippen LogP contribution in [0.2, 0.25) is 0 Å². The standard InChI is InChI=1S/C20H27N3O2/c1-14-8-10-15(11-9-14)16-13-21-18(22-16)17-7-5-6-12-23(17)19(24)25-20(2,3)4/h8-11,13,17H,5-7,12H2,1-4H3,(H,21,22)/t17-/m0/s1. The van der Waals surface area contributed by atoms with Crippen LogP contribution >= 0.6 is 0 Å². The summed E-state index contributed by atoms with van der Waals surface area (Å²) in [5, 5.41) is 0. The van der Waals surface area contributed by atoms with E-state index in [-0.39, 0.29) is 12.1 Å². The van der Waals surface area contributed by atoms with E-state index in [2.05, 4.69) is 41.2 Å². The van der Waals surface area contributed by atoms with E-state index in [1.165, 1.54) is 5.56 Å². The molecule has 1 aromatic heterocycles. The molecule has 1 N–H and O–H groups in total. The molecule has 1 atom stereocenters. The number of piperidine rings is 1. The zero-order valence-electron chi connectivity index (χ0n) is 15.5. The number of likely N-dealkylation sites (tertiary alicyclic amines) is 1. The molecule has 0 aliphatic carbocycles. The van der Waals surface area contributed by atoms with Gasteiger partial charge in [-0.2, -0.15) is 0 Å². The highest BCUT2D eigenvalue weighted by Crippen LogP contribution is 2.31. The first-order valence-electron chi connectivity index (χ1n) is 8.95. The van der Waals surface area contributed by atoms with E-state index in [0.29, 0.717) is 6.54 Å². The Kier molecular flexibility index (Phi) is 4.84. The molecule has 25 heavy (non-hydrogen) atoms. The third-order valence-corrected chi connectivity index (χ3v) is 4.40. The first-order chi connectivity index (χ1) is 11.8. The number of imidazole rings is 1. The Bertz CT molecular complexity index is 728. The van der Waals surface area contributed by atoms with Gasteiger partial charge in [0, 0.05) is 6.54 Å². The zero-order valence-corrected chi connectivity index (χ0v) is 15.5. The highest BCUT2D eigenvalue weighted by Gasteiger charge is 2.33. The van der Waals surface area contributed by atoms with Crippen LogP contribution in [0.4, 0.5) is 4.79 Å². The van der Waals surface area contributed by atoms with Gasteiger partial charge in [-0.3, -0.25) is 4.90 Å². The van der Waals surface area contributed by atoms with Gasteiger partial charge in [-0.25, -0.2) is 9.78 Å². The van der Waals surface area contributed by atoms with Crippen LogP contribution in [-0.2, 0) is 4.74 Å². The number of rotatable bonds is 2. The summed E-state index contributed by atoms with van der Waals surface area (Å²) in [7, 11) is 0. The summed E-state index contributed by atoms with van der Waals surface area (Å²) >= 11 is 0. The number of nitrogens with zero attached hydrogens (tertiary/aromatic N) is 2. The second-order valence-electron chi connectivity index (χ2n) is 7.73. The maximum Gasteiger partial charge on any atom is 0.410 e. The quantitative estimate of drug-likeness (QED) is 0.849. The Morgan fingerprint density at radius 1 is 1.24 bits per heavy atom. The maximum atomic E-state index is 12.6. The van der Waals surface area contributed by atoms with Crippen molar-refractivity contribution in [3.63, 3.8) is 0 Å². The van der Waals surface area contributed by atoms with Crippen molar-refractivity contribution in [2.45, 2.75) is 58.6 Å². The summed E-state index contributed by atoms with van der Waals surface area (Å²) in [5.74, 6) is 0.834. The summed E-state index contributed by atoms with van der Waals surface area (Å²) in [6.07, 6.45) is 4.58. The summed E-state index contributed by atoms with van der Waals surface area (Å²) in [5.41, 5.74) is 2.82. The van der Waals surface area contributed by atoms with Crippen molar-refractivity contribution in [2.24, 2.45) is 0 Å². The van der Waals surface area contributed by atoms with Crippen molar-refractivity contribution >= 4 is 6.09 Å². The first kappa shape index (κ1) is 17.5. The van der Waals surface area contributed by atoms with Crippen molar-refractivity contribution < 1.29 is 9.53 Å². The van der Waals surface area contributed by atoms with E-state index in [9.17, 15) is 4.79 Å². The number of aryl methyl sites for hydroxylation is 1. The molecule has 2 aromatic rings. The fraction of sp³-hybridized carbons (Fsp3) is 0.500. The summed E-state index contributed by atoms with van der Waals surface area (Å²) < 4.78 is 5.58. The molecule has 1 fully saturated rings. The van der Waals surface area contributed by atoms with E-state index in [1.54, 1.807) is 0 Å². The SMILES string of the molecule is Cc1ccc(-c2cnc([C@@H]3CCCCN3C(=O)OC(C)(C)C)[nH]2)cc1. The van der Waals surface area contributed by atoms with Crippen molar-refractivity contribution in [1.29, 1.82) is 0 Å². The number of carbonyl (C=O) groups is 1. The number of H-pyrrole nitrogens is 1. The van der Waals surface area contributed by atoms with Crippen molar-refractivity contribution in [2.75, 3.05) is 6.54 Å². The van der Waals surface area contributed by atoms with E-state index >= 15 is 0 Å². The van der Waals surface area contributed by atoms with Crippen molar-refractivity contribution in [3.05, 3.63) is 41.9 Å². The number of amides is 1. The van der Waals surface area contributed by atoms with Gasteiger partial charge in [-0.05, 0) is 52.5 Å². The number of hydrogen-bond donors (Lipinski definition) is 1. The van der Waals surface area contributed by atoms with Crippen LogP contribution in [0.25, 0.3) is 11.3 Å². The van der Waals surface area contributed by atoms with Crippen LogP contribution in [0.5, 0.6) is 0 Å². The summed E-state index contributed by atoms with van der Waals surface area (Å²) in [6, 6.07) is 8.29. The number of ether oxygens (including phenoxy) is 1. The lowest BCUT2D eigenvalue weighted by Gasteiger charge is -2.35. The van der Waals surface area contributed by atoms with Crippen molar-refractivity contribution in [1.82, 2.24) is 14.9 Å². The number of carbonyl (C=O) groups excluding carboxylic acids is 1. The number of aromatic nitrogens is 2. The summed E-state index contributed by atoms with van der Waals surface area (Å²) in [4.78, 5) is 22.4. The average molecular weight is 341 g/mol. The van der Waals surface area contributed by atoms with Gasteiger partial charge in [0.1, 0.15) is 11.4 Å². The first-order valence-corrected chi connectivity index (χ1v) is 8.95.